The van der Waals surface area contributed by atoms with Crippen molar-refractivity contribution in [2.24, 2.45) is 0 Å². The van der Waals surface area contributed by atoms with Crippen molar-refractivity contribution in [1.29, 1.82) is 0 Å². The molecule has 2 aliphatic rings. The summed E-state index contributed by atoms with van der Waals surface area (Å²) in [4.78, 5) is 28.9. The van der Waals surface area contributed by atoms with Gasteiger partial charge in [-0.1, -0.05) is 24.3 Å². The maximum absolute atomic E-state index is 4.93. The molecule has 4 aromatic heterocycles. The molecule has 0 radical (unpaired) electrons. The van der Waals surface area contributed by atoms with E-state index in [2.05, 4.69) is 87.8 Å². The number of hydrogen-bond acceptors (Lipinski definition) is 9. The first kappa shape index (κ1) is 30.4. The predicted octanol–water partition coefficient (Wildman–Crippen LogP) is 7.93. The molecule has 0 saturated carbocycles. The highest BCUT2D eigenvalue weighted by Gasteiger charge is 2.17. The Balaban J connectivity index is 1.05. The van der Waals surface area contributed by atoms with E-state index in [1.54, 1.807) is 0 Å². The van der Waals surface area contributed by atoms with Crippen LogP contribution in [0, 0.1) is 13.8 Å². The first-order chi connectivity index (χ1) is 23.6. The van der Waals surface area contributed by atoms with Crippen molar-refractivity contribution < 1.29 is 0 Å². The largest absolute Gasteiger partial charge is 0.338 e. The average molecular weight is 636 g/mol. The SMILES string of the molecule is Cc1c(Nc2nccc3cc(CN4CCCC4)cnc23)cccc1-c1cccc(Nc2nccc3nc(CN4CCCC4)cnc23)c1C. The van der Waals surface area contributed by atoms with E-state index in [1.807, 2.05) is 30.9 Å². The van der Waals surface area contributed by atoms with Crippen LogP contribution in [0.5, 0.6) is 0 Å². The van der Waals surface area contributed by atoms with E-state index in [0.29, 0.717) is 5.82 Å². The monoisotopic (exact) mass is 635 g/mol. The molecule has 9 nitrogen and oxygen atoms in total. The summed E-state index contributed by atoms with van der Waals surface area (Å²) in [6, 6.07) is 19.0. The molecule has 2 saturated heterocycles. The summed E-state index contributed by atoms with van der Waals surface area (Å²) >= 11 is 0. The molecule has 242 valence electrons. The van der Waals surface area contributed by atoms with Gasteiger partial charge in [0.1, 0.15) is 11.0 Å². The Morgan fingerprint density at radius 1 is 0.625 bits per heavy atom. The smallest absolute Gasteiger partial charge is 0.158 e. The van der Waals surface area contributed by atoms with Crippen LogP contribution in [0.3, 0.4) is 0 Å². The average Bonchev–Trinajstić information content (AvgIpc) is 3.82. The Bertz CT molecular complexity index is 1950. The Morgan fingerprint density at radius 3 is 1.88 bits per heavy atom. The maximum Gasteiger partial charge on any atom is 0.158 e. The number of nitrogens with zero attached hydrogens (tertiary/aromatic N) is 7. The summed E-state index contributed by atoms with van der Waals surface area (Å²) in [5.41, 5.74) is 11.3. The second-order valence-electron chi connectivity index (χ2n) is 13.1. The van der Waals surface area contributed by atoms with Gasteiger partial charge in [-0.15, -0.1) is 0 Å². The molecule has 0 spiro atoms. The molecular weight excluding hydrogens is 594 g/mol. The highest BCUT2D eigenvalue weighted by atomic mass is 15.1. The minimum absolute atomic E-state index is 0.707. The van der Waals surface area contributed by atoms with Crippen molar-refractivity contribution in [2.45, 2.75) is 52.6 Å². The van der Waals surface area contributed by atoms with Crippen LogP contribution in [-0.4, -0.2) is 60.9 Å². The molecule has 0 atom stereocenters. The van der Waals surface area contributed by atoms with Gasteiger partial charge in [-0.05, 0) is 124 Å². The Labute approximate surface area is 281 Å². The van der Waals surface area contributed by atoms with Gasteiger partial charge in [0.05, 0.1) is 17.4 Å². The van der Waals surface area contributed by atoms with Gasteiger partial charge in [0, 0.05) is 48.4 Å². The summed E-state index contributed by atoms with van der Waals surface area (Å²) in [6.45, 7) is 10.7. The number of likely N-dealkylation sites (tertiary alicyclic amines) is 2. The standard InChI is InChI=1S/C39H41N9/c1-26-31(9-7-11-33(26)45-38-36-29(13-15-40-38)21-28(22-42-36)24-47-17-3-4-18-47)32-10-8-12-34(27(32)2)46-39-37-35(14-16-41-39)44-30(23-43-37)25-48-19-5-6-20-48/h7-16,21-23H,3-6,17-20,24-25H2,1-2H3,(H,40,45)(H,41,46). The molecule has 8 rings (SSSR count). The Morgan fingerprint density at radius 2 is 1.21 bits per heavy atom. The van der Waals surface area contributed by atoms with Crippen molar-refractivity contribution >= 4 is 44.9 Å². The molecule has 0 amide bonds. The van der Waals surface area contributed by atoms with Gasteiger partial charge in [0.25, 0.3) is 0 Å². The fourth-order valence-corrected chi connectivity index (χ4v) is 7.18. The number of aromatic nitrogens is 5. The first-order valence-corrected chi connectivity index (χ1v) is 17.1. The van der Waals surface area contributed by atoms with Crippen LogP contribution in [0.15, 0.2) is 79.4 Å². The third-order valence-corrected chi connectivity index (χ3v) is 9.82. The van der Waals surface area contributed by atoms with Gasteiger partial charge in [-0.25, -0.2) is 19.9 Å². The topological polar surface area (TPSA) is 95.0 Å². The second kappa shape index (κ2) is 13.3. The molecule has 9 heteroatoms. The molecule has 2 fully saturated rings. The van der Waals surface area contributed by atoms with Crippen molar-refractivity contribution in [1.82, 2.24) is 34.7 Å². The van der Waals surface area contributed by atoms with E-state index in [9.17, 15) is 0 Å². The Kier molecular flexibility index (Phi) is 8.38. The minimum atomic E-state index is 0.707. The van der Waals surface area contributed by atoms with E-state index >= 15 is 0 Å². The summed E-state index contributed by atoms with van der Waals surface area (Å²) in [6.07, 6.45) is 12.7. The van der Waals surface area contributed by atoms with Gasteiger partial charge in [-0.2, -0.15) is 0 Å². The molecule has 0 bridgehead atoms. The van der Waals surface area contributed by atoms with Gasteiger partial charge in [0.15, 0.2) is 11.6 Å². The quantitative estimate of drug-likeness (QED) is 0.164. The highest BCUT2D eigenvalue weighted by Crippen LogP contribution is 2.36. The van der Waals surface area contributed by atoms with Crippen LogP contribution in [0.1, 0.15) is 48.1 Å². The number of nitrogens with one attached hydrogen (secondary N) is 2. The van der Waals surface area contributed by atoms with Crippen LogP contribution in [0.25, 0.3) is 33.1 Å². The highest BCUT2D eigenvalue weighted by molar-refractivity contribution is 5.92. The minimum Gasteiger partial charge on any atom is -0.338 e. The van der Waals surface area contributed by atoms with Crippen molar-refractivity contribution in [3.8, 4) is 11.1 Å². The number of rotatable bonds is 9. The lowest BCUT2D eigenvalue weighted by molar-refractivity contribution is 0.327. The Hall–Kier alpha value is -4.99. The van der Waals surface area contributed by atoms with Crippen LogP contribution >= 0.6 is 0 Å². The molecule has 0 unspecified atom stereocenters. The van der Waals surface area contributed by atoms with Crippen LogP contribution in [0.4, 0.5) is 23.0 Å². The second-order valence-corrected chi connectivity index (χ2v) is 13.1. The lowest BCUT2D eigenvalue weighted by Crippen LogP contribution is -2.19. The summed E-state index contributed by atoms with van der Waals surface area (Å²) in [5.74, 6) is 1.47. The lowest BCUT2D eigenvalue weighted by atomic mass is 9.94. The molecule has 2 aromatic carbocycles. The van der Waals surface area contributed by atoms with E-state index in [0.717, 1.165) is 93.3 Å². The van der Waals surface area contributed by atoms with E-state index in [1.165, 1.54) is 44.3 Å². The molecule has 48 heavy (non-hydrogen) atoms. The third kappa shape index (κ3) is 6.19. The predicted molar refractivity (Wildman–Crippen MR) is 194 cm³/mol. The van der Waals surface area contributed by atoms with Gasteiger partial charge in [-0.3, -0.25) is 14.8 Å². The van der Waals surface area contributed by atoms with E-state index in [-0.39, 0.29) is 0 Å². The zero-order valence-corrected chi connectivity index (χ0v) is 27.7. The summed E-state index contributed by atoms with van der Waals surface area (Å²) in [5, 5.41) is 8.29. The van der Waals surface area contributed by atoms with Gasteiger partial charge in [0.2, 0.25) is 0 Å². The number of benzene rings is 2. The zero-order chi connectivity index (χ0) is 32.5. The van der Waals surface area contributed by atoms with Crippen LogP contribution < -0.4 is 10.6 Å². The van der Waals surface area contributed by atoms with E-state index in [4.69, 9.17) is 19.9 Å². The van der Waals surface area contributed by atoms with Crippen LogP contribution in [-0.2, 0) is 13.1 Å². The molecule has 2 aliphatic heterocycles. The third-order valence-electron chi connectivity index (χ3n) is 9.82. The molecule has 6 heterocycles. The summed E-state index contributed by atoms with van der Waals surface area (Å²) in [7, 11) is 0. The van der Waals surface area contributed by atoms with Crippen molar-refractivity contribution in [2.75, 3.05) is 36.8 Å². The van der Waals surface area contributed by atoms with E-state index < -0.39 is 0 Å². The fraction of sp³-hybridized carbons (Fsp3) is 0.308. The number of fused-ring (bicyclic) bond motifs is 2. The molecular formula is C39H41N9. The number of pyridine rings is 3. The maximum atomic E-state index is 4.93. The number of hydrogen-bond donors (Lipinski definition) is 2. The fourth-order valence-electron chi connectivity index (χ4n) is 7.18. The zero-order valence-electron chi connectivity index (χ0n) is 27.7. The van der Waals surface area contributed by atoms with Crippen LogP contribution in [0.2, 0.25) is 0 Å². The van der Waals surface area contributed by atoms with Gasteiger partial charge < -0.3 is 10.6 Å². The normalized spacial score (nSPS) is 15.5. The molecule has 2 N–H and O–H groups in total. The first-order valence-electron chi connectivity index (χ1n) is 17.1. The lowest BCUT2D eigenvalue weighted by Gasteiger charge is -2.18. The molecule has 6 aromatic rings. The molecule has 0 aliphatic carbocycles. The summed E-state index contributed by atoms with van der Waals surface area (Å²) < 4.78 is 0. The van der Waals surface area contributed by atoms with Gasteiger partial charge >= 0.3 is 0 Å². The number of anilines is 4. The van der Waals surface area contributed by atoms with Crippen molar-refractivity contribution in [3.05, 3.63) is 102 Å². The van der Waals surface area contributed by atoms with Crippen molar-refractivity contribution in [3.63, 3.8) is 0 Å².